The molecule has 10 heteroatoms. The van der Waals surface area contributed by atoms with Crippen molar-refractivity contribution in [3.63, 3.8) is 0 Å². The van der Waals surface area contributed by atoms with Crippen LogP contribution in [0.1, 0.15) is 0 Å². The van der Waals surface area contributed by atoms with E-state index in [-0.39, 0.29) is 20.3 Å². The molecule has 1 aromatic carbocycles. The fourth-order valence-electron chi connectivity index (χ4n) is 1.61. The number of sulfone groups is 2. The number of anilines is 2. The van der Waals surface area contributed by atoms with Gasteiger partial charge in [-0.05, 0) is 34.1 Å². The Labute approximate surface area is 136 Å². The summed E-state index contributed by atoms with van der Waals surface area (Å²) >= 11 is 3.08. The highest BCUT2D eigenvalue weighted by atomic mass is 79.9. The van der Waals surface area contributed by atoms with Crippen LogP contribution in [0.25, 0.3) is 0 Å². The lowest BCUT2D eigenvalue weighted by molar-refractivity contribution is 0.597. The van der Waals surface area contributed by atoms with E-state index >= 15 is 0 Å². The Morgan fingerprint density at radius 2 is 1.77 bits per heavy atom. The molecule has 0 fully saturated rings. The Balaban J connectivity index is 2.40. The highest BCUT2D eigenvalue weighted by Gasteiger charge is 2.16. The van der Waals surface area contributed by atoms with Crippen molar-refractivity contribution in [2.75, 3.05) is 17.8 Å². The van der Waals surface area contributed by atoms with Crippen LogP contribution in [0.4, 0.5) is 11.6 Å². The summed E-state index contributed by atoms with van der Waals surface area (Å²) in [5.41, 5.74) is 0.435. The lowest BCUT2D eigenvalue weighted by Gasteiger charge is -2.08. The SMILES string of the molecule is CS(=O)(=O)c1cccc(Nc2ncc(Br)c(S(C)(=O)=O)n2)c1. The quantitative estimate of drug-likeness (QED) is 0.772. The summed E-state index contributed by atoms with van der Waals surface area (Å²) in [6.07, 6.45) is 3.45. The first-order chi connectivity index (χ1) is 10.1. The van der Waals surface area contributed by atoms with Gasteiger partial charge in [-0.15, -0.1) is 0 Å². The van der Waals surface area contributed by atoms with Crippen LogP contribution in [-0.2, 0) is 19.7 Å². The zero-order valence-electron chi connectivity index (χ0n) is 11.6. The van der Waals surface area contributed by atoms with Crippen molar-refractivity contribution in [1.29, 1.82) is 0 Å². The number of halogens is 1. The van der Waals surface area contributed by atoms with Gasteiger partial charge in [-0.25, -0.2) is 21.8 Å². The van der Waals surface area contributed by atoms with E-state index in [1.165, 1.54) is 18.3 Å². The van der Waals surface area contributed by atoms with Crippen LogP contribution >= 0.6 is 15.9 Å². The van der Waals surface area contributed by atoms with Gasteiger partial charge in [0.05, 0.1) is 9.37 Å². The number of hydrogen-bond acceptors (Lipinski definition) is 7. The maximum Gasteiger partial charge on any atom is 0.228 e. The number of rotatable bonds is 4. The minimum absolute atomic E-state index is 0.0503. The van der Waals surface area contributed by atoms with Crippen molar-refractivity contribution in [3.8, 4) is 0 Å². The Morgan fingerprint density at radius 3 is 2.36 bits per heavy atom. The summed E-state index contributed by atoms with van der Waals surface area (Å²) in [4.78, 5) is 8.02. The largest absolute Gasteiger partial charge is 0.324 e. The van der Waals surface area contributed by atoms with Crippen LogP contribution < -0.4 is 5.32 Å². The van der Waals surface area contributed by atoms with E-state index < -0.39 is 19.7 Å². The van der Waals surface area contributed by atoms with Crippen molar-refractivity contribution in [3.05, 3.63) is 34.9 Å². The summed E-state index contributed by atoms with van der Waals surface area (Å²) in [6.45, 7) is 0. The Hall–Kier alpha value is -1.52. The van der Waals surface area contributed by atoms with Crippen molar-refractivity contribution in [1.82, 2.24) is 9.97 Å². The van der Waals surface area contributed by atoms with Gasteiger partial charge in [0.15, 0.2) is 24.7 Å². The first-order valence-electron chi connectivity index (χ1n) is 5.87. The molecule has 1 N–H and O–H groups in total. The topological polar surface area (TPSA) is 106 Å². The van der Waals surface area contributed by atoms with Gasteiger partial charge >= 0.3 is 0 Å². The molecule has 0 amide bonds. The van der Waals surface area contributed by atoms with E-state index in [9.17, 15) is 16.8 Å². The molecule has 1 heterocycles. The van der Waals surface area contributed by atoms with E-state index in [2.05, 4.69) is 31.2 Å². The van der Waals surface area contributed by atoms with E-state index in [0.29, 0.717) is 5.69 Å². The molecule has 1 aromatic heterocycles. The number of aromatic nitrogens is 2. The van der Waals surface area contributed by atoms with Gasteiger partial charge in [0.2, 0.25) is 5.95 Å². The lowest BCUT2D eigenvalue weighted by Crippen LogP contribution is -2.06. The molecule has 0 bridgehead atoms. The van der Waals surface area contributed by atoms with Crippen LogP contribution in [0, 0.1) is 0 Å². The van der Waals surface area contributed by atoms with E-state index in [1.807, 2.05) is 0 Å². The molecule has 0 aliphatic heterocycles. The molecule has 7 nitrogen and oxygen atoms in total. The fraction of sp³-hybridized carbons (Fsp3) is 0.167. The molecule has 0 spiro atoms. The molecule has 0 saturated heterocycles. The third-order valence-corrected chi connectivity index (χ3v) is 5.55. The van der Waals surface area contributed by atoms with Crippen molar-refractivity contribution < 1.29 is 16.8 Å². The standard InChI is InChI=1S/C12H12BrN3O4S2/c1-21(17,18)9-5-3-4-8(6-9)15-12-14-7-10(13)11(16-12)22(2,19)20/h3-7H,1-2H3,(H,14,15,16). The number of hydrogen-bond donors (Lipinski definition) is 1. The first-order valence-corrected chi connectivity index (χ1v) is 10.4. The normalized spacial score (nSPS) is 12.1. The molecular formula is C12H12BrN3O4S2. The molecule has 118 valence electrons. The smallest absolute Gasteiger partial charge is 0.228 e. The van der Waals surface area contributed by atoms with Gasteiger partial charge < -0.3 is 5.32 Å². The van der Waals surface area contributed by atoms with Gasteiger partial charge in [0.25, 0.3) is 0 Å². The summed E-state index contributed by atoms with van der Waals surface area (Å²) in [5, 5.41) is 2.64. The van der Waals surface area contributed by atoms with Crippen LogP contribution in [0.3, 0.4) is 0 Å². The molecular weight excluding hydrogens is 394 g/mol. The van der Waals surface area contributed by atoms with Crippen LogP contribution in [0.2, 0.25) is 0 Å². The van der Waals surface area contributed by atoms with Crippen molar-refractivity contribution in [2.45, 2.75) is 9.92 Å². The van der Waals surface area contributed by atoms with E-state index in [4.69, 9.17) is 0 Å². The molecule has 0 atom stereocenters. The van der Waals surface area contributed by atoms with Crippen LogP contribution in [0.5, 0.6) is 0 Å². The molecule has 0 unspecified atom stereocenters. The van der Waals surface area contributed by atoms with Crippen molar-refractivity contribution >= 4 is 47.2 Å². The lowest BCUT2D eigenvalue weighted by atomic mass is 10.3. The Morgan fingerprint density at radius 1 is 1.09 bits per heavy atom. The molecule has 0 radical (unpaired) electrons. The highest BCUT2D eigenvalue weighted by molar-refractivity contribution is 9.10. The maximum absolute atomic E-state index is 11.6. The number of nitrogens with zero attached hydrogens (tertiary/aromatic N) is 2. The maximum atomic E-state index is 11.6. The zero-order chi connectivity index (χ0) is 16.5. The zero-order valence-corrected chi connectivity index (χ0v) is 14.8. The van der Waals surface area contributed by atoms with Gasteiger partial charge in [0.1, 0.15) is 0 Å². The number of benzene rings is 1. The minimum Gasteiger partial charge on any atom is -0.324 e. The predicted octanol–water partition coefficient (Wildman–Crippen LogP) is 1.79. The van der Waals surface area contributed by atoms with Gasteiger partial charge in [-0.2, -0.15) is 4.98 Å². The first kappa shape index (κ1) is 16.8. The second kappa shape index (κ2) is 5.94. The minimum atomic E-state index is -3.51. The summed E-state index contributed by atoms with van der Waals surface area (Å²) in [6, 6.07) is 6.07. The molecule has 0 aliphatic rings. The Bertz CT molecular complexity index is 927. The average Bonchev–Trinajstić information content (AvgIpc) is 2.39. The van der Waals surface area contributed by atoms with Gasteiger partial charge in [-0.1, -0.05) is 6.07 Å². The number of nitrogens with one attached hydrogen (secondary N) is 1. The second-order valence-corrected chi connectivity index (χ2v) is 9.34. The highest BCUT2D eigenvalue weighted by Crippen LogP contribution is 2.22. The van der Waals surface area contributed by atoms with E-state index in [0.717, 1.165) is 12.5 Å². The molecule has 2 aromatic rings. The van der Waals surface area contributed by atoms with Gasteiger partial charge in [0, 0.05) is 24.4 Å². The fourth-order valence-corrected chi connectivity index (χ4v) is 4.00. The summed E-state index contributed by atoms with van der Waals surface area (Å²) in [7, 11) is -6.85. The van der Waals surface area contributed by atoms with Gasteiger partial charge in [-0.3, -0.25) is 0 Å². The third kappa shape index (κ3) is 4.02. The third-order valence-electron chi connectivity index (χ3n) is 2.58. The monoisotopic (exact) mass is 405 g/mol. The molecule has 0 saturated carbocycles. The van der Waals surface area contributed by atoms with Crippen LogP contribution in [-0.4, -0.2) is 39.3 Å². The summed E-state index contributed by atoms with van der Waals surface area (Å²) in [5.74, 6) is 0.0503. The van der Waals surface area contributed by atoms with E-state index in [1.54, 1.807) is 12.1 Å². The predicted molar refractivity (Wildman–Crippen MR) is 85.7 cm³/mol. The second-order valence-electron chi connectivity index (χ2n) is 4.54. The molecule has 2 rings (SSSR count). The average molecular weight is 406 g/mol. The summed E-state index contributed by atoms with van der Waals surface area (Å²) < 4.78 is 46.5. The van der Waals surface area contributed by atoms with Crippen LogP contribution in [0.15, 0.2) is 44.9 Å². The molecule has 22 heavy (non-hydrogen) atoms. The Kier molecular flexibility index (Phi) is 4.54. The van der Waals surface area contributed by atoms with Crippen molar-refractivity contribution in [2.24, 2.45) is 0 Å². The molecule has 0 aliphatic carbocycles.